The van der Waals surface area contributed by atoms with E-state index in [9.17, 15) is 9.59 Å². The standard InChI is InChI=1S/C22H31N5O2/c1-3-15-26(17(2)22(29)24-18-9-5-4-6-10-18)16-21(28)25-20-13-14-23-27(20)19-11-7-8-12-19/h4-6,9-10,13-14,17,19H,3,7-8,11-12,15-16H2,1-2H3,(H,24,29)(H,25,28). The van der Waals surface area contributed by atoms with Gasteiger partial charge in [0, 0.05) is 11.8 Å². The van der Waals surface area contributed by atoms with Crippen molar-refractivity contribution < 1.29 is 9.59 Å². The zero-order valence-electron chi connectivity index (χ0n) is 17.3. The van der Waals surface area contributed by atoms with Crippen LogP contribution in [-0.2, 0) is 9.59 Å². The van der Waals surface area contributed by atoms with Gasteiger partial charge < -0.3 is 10.6 Å². The lowest BCUT2D eigenvalue weighted by atomic mass is 10.2. The van der Waals surface area contributed by atoms with E-state index in [0.717, 1.165) is 30.8 Å². The third kappa shape index (κ3) is 5.67. The summed E-state index contributed by atoms with van der Waals surface area (Å²) >= 11 is 0. The molecular weight excluding hydrogens is 366 g/mol. The Morgan fingerprint density at radius 2 is 1.90 bits per heavy atom. The molecule has 1 fully saturated rings. The number of hydrogen-bond acceptors (Lipinski definition) is 4. The van der Waals surface area contributed by atoms with Gasteiger partial charge in [-0.3, -0.25) is 14.5 Å². The number of rotatable bonds is 9. The number of carbonyl (C=O) groups excluding carboxylic acids is 2. The largest absolute Gasteiger partial charge is 0.325 e. The molecule has 2 aromatic rings. The fourth-order valence-corrected chi connectivity index (χ4v) is 3.85. The van der Waals surface area contributed by atoms with E-state index in [-0.39, 0.29) is 18.4 Å². The zero-order chi connectivity index (χ0) is 20.6. The summed E-state index contributed by atoms with van der Waals surface area (Å²) in [6, 6.07) is 11.2. The van der Waals surface area contributed by atoms with Gasteiger partial charge in [0.2, 0.25) is 11.8 Å². The van der Waals surface area contributed by atoms with Crippen molar-refractivity contribution in [1.29, 1.82) is 0 Å². The topological polar surface area (TPSA) is 79.3 Å². The lowest BCUT2D eigenvalue weighted by molar-refractivity contribution is -0.123. The first kappa shape index (κ1) is 21.0. The number of nitrogens with one attached hydrogen (secondary N) is 2. The van der Waals surface area contributed by atoms with Gasteiger partial charge in [-0.1, -0.05) is 38.0 Å². The molecule has 0 aliphatic heterocycles. The van der Waals surface area contributed by atoms with Crippen LogP contribution in [0.1, 0.15) is 52.0 Å². The zero-order valence-corrected chi connectivity index (χ0v) is 17.3. The summed E-state index contributed by atoms with van der Waals surface area (Å²) in [5, 5.41) is 10.3. The molecule has 3 rings (SSSR count). The highest BCUT2D eigenvalue weighted by atomic mass is 16.2. The van der Waals surface area contributed by atoms with E-state index in [1.165, 1.54) is 12.8 Å². The molecular formula is C22H31N5O2. The molecule has 0 bridgehead atoms. The maximum absolute atomic E-state index is 12.7. The molecule has 1 aliphatic rings. The first-order valence-electron chi connectivity index (χ1n) is 10.5. The monoisotopic (exact) mass is 397 g/mol. The minimum absolute atomic E-state index is 0.117. The molecule has 1 aromatic heterocycles. The number of nitrogens with zero attached hydrogens (tertiary/aromatic N) is 3. The third-order valence-corrected chi connectivity index (χ3v) is 5.43. The molecule has 1 atom stereocenters. The van der Waals surface area contributed by atoms with E-state index in [0.29, 0.717) is 12.6 Å². The van der Waals surface area contributed by atoms with Crippen LogP contribution in [0, 0.1) is 0 Å². The molecule has 2 N–H and O–H groups in total. The van der Waals surface area contributed by atoms with Crippen LogP contribution in [0.5, 0.6) is 0 Å². The van der Waals surface area contributed by atoms with Crippen molar-refractivity contribution in [3.05, 3.63) is 42.6 Å². The number of amides is 2. The molecule has 1 heterocycles. The normalized spacial score (nSPS) is 15.4. The molecule has 1 saturated carbocycles. The van der Waals surface area contributed by atoms with Crippen LogP contribution >= 0.6 is 0 Å². The van der Waals surface area contributed by atoms with Crippen LogP contribution in [0.15, 0.2) is 42.6 Å². The smallest absolute Gasteiger partial charge is 0.241 e. The second-order valence-electron chi connectivity index (χ2n) is 7.65. The van der Waals surface area contributed by atoms with Gasteiger partial charge in [0.25, 0.3) is 0 Å². The molecule has 0 radical (unpaired) electrons. The van der Waals surface area contributed by atoms with Gasteiger partial charge in [-0.05, 0) is 44.9 Å². The van der Waals surface area contributed by atoms with E-state index >= 15 is 0 Å². The van der Waals surface area contributed by atoms with Crippen molar-refractivity contribution in [3.63, 3.8) is 0 Å². The Morgan fingerprint density at radius 3 is 2.59 bits per heavy atom. The maximum atomic E-state index is 12.7. The van der Waals surface area contributed by atoms with Gasteiger partial charge in [-0.2, -0.15) is 5.10 Å². The van der Waals surface area contributed by atoms with Gasteiger partial charge in [0.1, 0.15) is 5.82 Å². The Morgan fingerprint density at radius 1 is 1.17 bits per heavy atom. The number of para-hydroxylation sites is 1. The van der Waals surface area contributed by atoms with E-state index in [1.54, 1.807) is 6.20 Å². The van der Waals surface area contributed by atoms with Crippen LogP contribution in [-0.4, -0.2) is 45.6 Å². The van der Waals surface area contributed by atoms with Crippen molar-refractivity contribution in [2.45, 2.75) is 58.0 Å². The summed E-state index contributed by atoms with van der Waals surface area (Å²) in [5.74, 6) is 0.491. The Bertz CT molecular complexity index is 799. The van der Waals surface area contributed by atoms with E-state index in [2.05, 4.69) is 15.7 Å². The van der Waals surface area contributed by atoms with Gasteiger partial charge in [-0.25, -0.2) is 4.68 Å². The highest BCUT2D eigenvalue weighted by Gasteiger charge is 2.24. The van der Waals surface area contributed by atoms with Gasteiger partial charge >= 0.3 is 0 Å². The summed E-state index contributed by atoms with van der Waals surface area (Å²) in [4.78, 5) is 27.3. The average Bonchev–Trinajstić information content (AvgIpc) is 3.39. The first-order valence-corrected chi connectivity index (χ1v) is 10.5. The summed E-state index contributed by atoms with van der Waals surface area (Å²) in [5.41, 5.74) is 0.755. The summed E-state index contributed by atoms with van der Waals surface area (Å²) in [6.45, 7) is 4.71. The molecule has 1 aliphatic carbocycles. The molecule has 2 amide bonds. The SMILES string of the molecule is CCCN(CC(=O)Nc1ccnn1C1CCCC1)C(C)C(=O)Nc1ccccc1. The molecule has 29 heavy (non-hydrogen) atoms. The van der Waals surface area contributed by atoms with Crippen LogP contribution in [0.4, 0.5) is 11.5 Å². The number of benzene rings is 1. The predicted octanol–water partition coefficient (Wildman–Crippen LogP) is 3.68. The minimum atomic E-state index is -0.416. The number of anilines is 2. The van der Waals surface area contributed by atoms with E-state index in [4.69, 9.17) is 0 Å². The Labute approximate surface area is 172 Å². The van der Waals surface area contributed by atoms with Crippen molar-refractivity contribution in [2.24, 2.45) is 0 Å². The predicted molar refractivity (Wildman–Crippen MR) is 115 cm³/mol. The Hall–Kier alpha value is -2.67. The highest BCUT2D eigenvalue weighted by molar-refractivity contribution is 5.96. The second kappa shape index (κ2) is 10.2. The highest BCUT2D eigenvalue weighted by Crippen LogP contribution is 2.31. The molecule has 156 valence electrons. The quantitative estimate of drug-likeness (QED) is 0.677. The molecule has 7 nitrogen and oxygen atoms in total. The van der Waals surface area contributed by atoms with Gasteiger partial charge in [0.15, 0.2) is 0 Å². The molecule has 1 aromatic carbocycles. The second-order valence-corrected chi connectivity index (χ2v) is 7.65. The van der Waals surface area contributed by atoms with Crippen LogP contribution in [0.25, 0.3) is 0 Å². The third-order valence-electron chi connectivity index (χ3n) is 5.43. The van der Waals surface area contributed by atoms with Crippen molar-refractivity contribution in [2.75, 3.05) is 23.7 Å². The summed E-state index contributed by atoms with van der Waals surface area (Å²) in [6.07, 6.45) is 7.20. The molecule has 7 heteroatoms. The van der Waals surface area contributed by atoms with Gasteiger partial charge in [-0.15, -0.1) is 0 Å². The van der Waals surface area contributed by atoms with Gasteiger partial charge in [0.05, 0.1) is 24.8 Å². The van der Waals surface area contributed by atoms with Crippen LogP contribution in [0.3, 0.4) is 0 Å². The average molecular weight is 398 g/mol. The fourth-order valence-electron chi connectivity index (χ4n) is 3.85. The lowest BCUT2D eigenvalue weighted by Crippen LogP contribution is -2.46. The maximum Gasteiger partial charge on any atom is 0.241 e. The summed E-state index contributed by atoms with van der Waals surface area (Å²) in [7, 11) is 0. The molecule has 0 saturated heterocycles. The van der Waals surface area contributed by atoms with Crippen molar-refractivity contribution in [3.8, 4) is 0 Å². The Balaban J connectivity index is 1.60. The van der Waals surface area contributed by atoms with Crippen LogP contribution in [0.2, 0.25) is 0 Å². The summed E-state index contributed by atoms with van der Waals surface area (Å²) < 4.78 is 1.93. The minimum Gasteiger partial charge on any atom is -0.325 e. The number of aromatic nitrogens is 2. The fraction of sp³-hybridized carbons (Fsp3) is 0.500. The Kier molecular flexibility index (Phi) is 7.41. The lowest BCUT2D eigenvalue weighted by Gasteiger charge is -2.27. The molecule has 1 unspecified atom stereocenters. The van der Waals surface area contributed by atoms with Crippen LogP contribution < -0.4 is 10.6 Å². The van der Waals surface area contributed by atoms with E-state index in [1.807, 2.05) is 59.8 Å². The molecule has 0 spiro atoms. The van der Waals surface area contributed by atoms with Crippen molar-refractivity contribution in [1.82, 2.24) is 14.7 Å². The van der Waals surface area contributed by atoms with E-state index < -0.39 is 6.04 Å². The first-order chi connectivity index (χ1) is 14.1. The van der Waals surface area contributed by atoms with Crippen molar-refractivity contribution >= 4 is 23.3 Å². The number of hydrogen-bond donors (Lipinski definition) is 2. The number of carbonyl (C=O) groups is 2.